The molecular weight excluding hydrogens is 345 g/mol. The molecule has 7 heteroatoms. The number of carbonyl (C=O) groups excluding carboxylic acids is 1. The molecule has 2 atom stereocenters. The number of ether oxygens (including phenoxy) is 1. The first kappa shape index (κ1) is 18.8. The van der Waals surface area contributed by atoms with Gasteiger partial charge in [0.25, 0.3) is 0 Å². The third-order valence-corrected chi connectivity index (χ3v) is 5.14. The second-order valence-electron chi connectivity index (χ2n) is 7.09. The topological polar surface area (TPSA) is 32.8 Å². The van der Waals surface area contributed by atoms with Crippen LogP contribution >= 0.6 is 0 Å². The van der Waals surface area contributed by atoms with E-state index in [2.05, 4.69) is 16.7 Å². The van der Waals surface area contributed by atoms with Crippen molar-refractivity contribution in [1.29, 1.82) is 0 Å². The summed E-state index contributed by atoms with van der Waals surface area (Å²) in [6, 6.07) is 5.46. The lowest BCUT2D eigenvalue weighted by atomic mass is 9.92. The molecule has 1 amide bonds. The highest BCUT2D eigenvalue weighted by atomic mass is 19.4. The highest BCUT2D eigenvalue weighted by Crippen LogP contribution is 2.31. The Bertz CT molecular complexity index is 642. The molecule has 2 aliphatic heterocycles. The predicted octanol–water partition coefficient (Wildman–Crippen LogP) is 3.40. The predicted molar refractivity (Wildman–Crippen MR) is 92.5 cm³/mol. The van der Waals surface area contributed by atoms with Crippen LogP contribution in [0.5, 0.6) is 5.75 Å². The zero-order valence-electron chi connectivity index (χ0n) is 14.7. The number of carbonyl (C=O) groups is 1. The van der Waals surface area contributed by atoms with Crippen LogP contribution in [-0.2, 0) is 4.79 Å². The van der Waals surface area contributed by atoms with E-state index in [0.717, 1.165) is 39.0 Å². The molecule has 4 nitrogen and oxygen atoms in total. The van der Waals surface area contributed by atoms with E-state index in [1.165, 1.54) is 30.3 Å². The van der Waals surface area contributed by atoms with Crippen LogP contribution in [0.3, 0.4) is 0 Å². The third-order valence-electron chi connectivity index (χ3n) is 5.14. The second kappa shape index (κ2) is 7.70. The monoisotopic (exact) mass is 368 g/mol. The van der Waals surface area contributed by atoms with Gasteiger partial charge < -0.3 is 14.5 Å². The maximum atomic E-state index is 12.4. The fraction of sp³-hybridized carbons (Fsp3) is 0.526. The van der Waals surface area contributed by atoms with Gasteiger partial charge in [-0.2, -0.15) is 0 Å². The third kappa shape index (κ3) is 5.00. The van der Waals surface area contributed by atoms with Crippen molar-refractivity contribution in [2.75, 3.05) is 33.2 Å². The van der Waals surface area contributed by atoms with Gasteiger partial charge in [-0.3, -0.25) is 4.79 Å². The lowest BCUT2D eigenvalue weighted by Gasteiger charge is -2.19. The number of amides is 1. The minimum Gasteiger partial charge on any atom is -0.406 e. The van der Waals surface area contributed by atoms with Gasteiger partial charge in [-0.15, -0.1) is 13.2 Å². The van der Waals surface area contributed by atoms with Crippen LogP contribution in [0.4, 0.5) is 13.2 Å². The Kier molecular flexibility index (Phi) is 5.55. The Labute approximate surface area is 151 Å². The van der Waals surface area contributed by atoms with E-state index in [4.69, 9.17) is 0 Å². The van der Waals surface area contributed by atoms with Gasteiger partial charge in [0.05, 0.1) is 0 Å². The number of nitrogens with zero attached hydrogens (tertiary/aromatic N) is 2. The molecule has 0 spiro atoms. The van der Waals surface area contributed by atoms with Crippen LogP contribution in [0.1, 0.15) is 18.4 Å². The van der Waals surface area contributed by atoms with Gasteiger partial charge in [-0.1, -0.05) is 12.1 Å². The average Bonchev–Trinajstić information content (AvgIpc) is 2.81. The summed E-state index contributed by atoms with van der Waals surface area (Å²) in [6.07, 6.45) is 0.468. The van der Waals surface area contributed by atoms with Crippen molar-refractivity contribution >= 4 is 12.0 Å². The van der Waals surface area contributed by atoms with Gasteiger partial charge >= 0.3 is 6.36 Å². The SMILES string of the molecule is CN1CC2CCN(C(=O)/C=C/c3ccc(OC(F)(F)F)cc3)CCC2C1. The molecule has 0 bridgehead atoms. The minimum absolute atomic E-state index is 0.0473. The van der Waals surface area contributed by atoms with E-state index in [-0.39, 0.29) is 11.7 Å². The van der Waals surface area contributed by atoms with Crippen LogP contribution < -0.4 is 4.74 Å². The number of likely N-dealkylation sites (tertiary alicyclic amines) is 2. The quantitative estimate of drug-likeness (QED) is 0.767. The van der Waals surface area contributed by atoms with Gasteiger partial charge in [-0.05, 0) is 55.5 Å². The minimum atomic E-state index is -4.70. The highest BCUT2D eigenvalue weighted by Gasteiger charge is 2.33. The van der Waals surface area contributed by atoms with E-state index in [9.17, 15) is 18.0 Å². The van der Waals surface area contributed by atoms with Gasteiger partial charge in [0.2, 0.25) is 5.91 Å². The van der Waals surface area contributed by atoms with E-state index >= 15 is 0 Å². The molecule has 0 aliphatic carbocycles. The van der Waals surface area contributed by atoms with Gasteiger partial charge in [0.1, 0.15) is 5.75 Å². The molecule has 0 N–H and O–H groups in total. The summed E-state index contributed by atoms with van der Waals surface area (Å²) in [5.74, 6) is 1.02. The summed E-state index contributed by atoms with van der Waals surface area (Å²) in [5, 5.41) is 0. The molecule has 1 aromatic rings. The number of rotatable bonds is 3. The van der Waals surface area contributed by atoms with Crippen molar-refractivity contribution in [3.05, 3.63) is 35.9 Å². The molecule has 2 saturated heterocycles. The number of benzene rings is 1. The molecule has 2 unspecified atom stereocenters. The maximum absolute atomic E-state index is 12.4. The maximum Gasteiger partial charge on any atom is 0.573 e. The first-order valence-electron chi connectivity index (χ1n) is 8.81. The van der Waals surface area contributed by atoms with Crippen molar-refractivity contribution < 1.29 is 22.7 Å². The van der Waals surface area contributed by atoms with Crippen LogP contribution in [-0.4, -0.2) is 55.3 Å². The highest BCUT2D eigenvalue weighted by molar-refractivity contribution is 5.91. The summed E-state index contributed by atoms with van der Waals surface area (Å²) >= 11 is 0. The average molecular weight is 368 g/mol. The molecule has 0 aromatic heterocycles. The smallest absolute Gasteiger partial charge is 0.406 e. The molecule has 0 radical (unpaired) electrons. The number of fused-ring (bicyclic) bond motifs is 1. The van der Waals surface area contributed by atoms with Crippen LogP contribution in [0, 0.1) is 11.8 Å². The first-order chi connectivity index (χ1) is 12.3. The lowest BCUT2D eigenvalue weighted by molar-refractivity contribution is -0.274. The second-order valence-corrected chi connectivity index (χ2v) is 7.09. The number of alkyl halides is 3. The van der Waals surface area contributed by atoms with Gasteiger partial charge in [0.15, 0.2) is 0 Å². The Morgan fingerprint density at radius 3 is 2.23 bits per heavy atom. The van der Waals surface area contributed by atoms with Gasteiger partial charge in [0, 0.05) is 32.3 Å². The number of hydrogen-bond donors (Lipinski definition) is 0. The Morgan fingerprint density at radius 1 is 1.12 bits per heavy atom. The molecule has 2 fully saturated rings. The Hall–Kier alpha value is -2.02. The molecule has 142 valence electrons. The largest absolute Gasteiger partial charge is 0.573 e. The summed E-state index contributed by atoms with van der Waals surface area (Å²) in [6.45, 7) is 3.73. The Balaban J connectivity index is 1.54. The summed E-state index contributed by atoms with van der Waals surface area (Å²) in [5.41, 5.74) is 0.654. The van der Waals surface area contributed by atoms with Crippen molar-refractivity contribution in [3.8, 4) is 5.75 Å². The molecule has 26 heavy (non-hydrogen) atoms. The molecular formula is C19H23F3N2O2. The van der Waals surface area contributed by atoms with Crippen LogP contribution in [0.25, 0.3) is 6.08 Å². The summed E-state index contributed by atoms with van der Waals surface area (Å²) < 4.78 is 40.3. The van der Waals surface area contributed by atoms with Crippen LogP contribution in [0.2, 0.25) is 0 Å². The van der Waals surface area contributed by atoms with Crippen molar-refractivity contribution in [2.45, 2.75) is 19.2 Å². The molecule has 2 heterocycles. The molecule has 2 aliphatic rings. The van der Waals surface area contributed by atoms with E-state index in [1.54, 1.807) is 6.08 Å². The Morgan fingerprint density at radius 2 is 1.69 bits per heavy atom. The van der Waals surface area contributed by atoms with Crippen molar-refractivity contribution in [1.82, 2.24) is 9.80 Å². The number of hydrogen-bond acceptors (Lipinski definition) is 3. The summed E-state index contributed by atoms with van der Waals surface area (Å²) in [4.78, 5) is 16.6. The molecule has 3 rings (SSSR count). The fourth-order valence-corrected chi connectivity index (χ4v) is 3.86. The standard InChI is InChI=1S/C19H23F3N2O2/c1-23-12-15-8-10-24(11-9-16(15)13-23)18(25)7-4-14-2-5-17(6-3-14)26-19(20,21)22/h2-7,15-16H,8-13H2,1H3/b7-4+. The zero-order chi connectivity index (χ0) is 18.7. The number of halogens is 3. The van der Waals surface area contributed by atoms with E-state index in [0.29, 0.717) is 17.4 Å². The van der Waals surface area contributed by atoms with E-state index in [1.807, 2.05) is 4.90 Å². The van der Waals surface area contributed by atoms with E-state index < -0.39 is 6.36 Å². The molecule has 1 aromatic carbocycles. The fourth-order valence-electron chi connectivity index (χ4n) is 3.86. The zero-order valence-corrected chi connectivity index (χ0v) is 14.7. The van der Waals surface area contributed by atoms with Crippen LogP contribution in [0.15, 0.2) is 30.3 Å². The normalized spacial score (nSPS) is 24.5. The summed E-state index contributed by atoms with van der Waals surface area (Å²) in [7, 11) is 2.14. The molecule has 0 saturated carbocycles. The lowest BCUT2D eigenvalue weighted by Crippen LogP contribution is -2.31. The van der Waals surface area contributed by atoms with Crippen molar-refractivity contribution in [2.24, 2.45) is 11.8 Å². The van der Waals surface area contributed by atoms with Gasteiger partial charge in [-0.25, -0.2) is 0 Å². The van der Waals surface area contributed by atoms with Crippen molar-refractivity contribution in [3.63, 3.8) is 0 Å². The first-order valence-corrected chi connectivity index (χ1v) is 8.81.